The van der Waals surface area contributed by atoms with Gasteiger partial charge in [-0.15, -0.1) is 0 Å². The van der Waals surface area contributed by atoms with E-state index < -0.39 is 0 Å². The van der Waals surface area contributed by atoms with Gasteiger partial charge in [0.2, 0.25) is 0 Å². The first-order valence-electron chi connectivity index (χ1n) is 5.98. The summed E-state index contributed by atoms with van der Waals surface area (Å²) in [5.41, 5.74) is 2.10. The average Bonchev–Trinajstić information content (AvgIpc) is 2.34. The van der Waals surface area contributed by atoms with Crippen LogP contribution in [0.4, 0.5) is 0 Å². The molecule has 0 aliphatic carbocycles. The van der Waals surface area contributed by atoms with Gasteiger partial charge < -0.3 is 14.2 Å². The highest BCUT2D eigenvalue weighted by atomic mass is 35.5. The van der Waals surface area contributed by atoms with Crippen molar-refractivity contribution in [3.05, 3.63) is 28.3 Å². The zero-order chi connectivity index (χ0) is 13.7. The zero-order valence-electron chi connectivity index (χ0n) is 11.6. The van der Waals surface area contributed by atoms with Gasteiger partial charge in [-0.25, -0.2) is 0 Å². The molecule has 0 bridgehead atoms. The second-order valence-corrected chi connectivity index (χ2v) is 4.91. The number of ether oxygens (including phenoxy) is 3. The maximum atomic E-state index is 6.14. The Morgan fingerprint density at radius 1 is 1.17 bits per heavy atom. The summed E-state index contributed by atoms with van der Waals surface area (Å²) in [7, 11) is 3.18. The molecule has 0 unspecified atom stereocenters. The summed E-state index contributed by atoms with van der Waals surface area (Å²) in [6.45, 7) is 6.53. The van der Waals surface area contributed by atoms with Crippen LogP contribution in [-0.2, 0) is 9.47 Å². The molecule has 0 saturated heterocycles. The lowest BCUT2D eigenvalue weighted by atomic mass is 10.0. The first-order chi connectivity index (χ1) is 8.49. The fraction of sp³-hybridized carbons (Fsp3) is 0.571. The van der Waals surface area contributed by atoms with Crippen molar-refractivity contribution in [2.45, 2.75) is 33.0 Å². The van der Waals surface area contributed by atoms with Gasteiger partial charge in [0.15, 0.2) is 6.29 Å². The molecule has 0 fully saturated rings. The minimum absolute atomic E-state index is 0.349. The van der Waals surface area contributed by atoms with Crippen LogP contribution in [0.15, 0.2) is 12.1 Å². The molecule has 0 aliphatic heterocycles. The monoisotopic (exact) mass is 272 g/mol. The molecule has 0 N–H and O–H groups in total. The lowest BCUT2D eigenvalue weighted by molar-refractivity contribution is -0.122. The Labute approximate surface area is 114 Å². The van der Waals surface area contributed by atoms with Gasteiger partial charge in [-0.3, -0.25) is 0 Å². The second kappa shape index (κ2) is 6.98. The maximum Gasteiger partial charge on any atom is 0.191 e. The van der Waals surface area contributed by atoms with Crippen LogP contribution in [0.25, 0.3) is 0 Å². The van der Waals surface area contributed by atoms with Crippen LogP contribution in [-0.4, -0.2) is 27.1 Å². The Morgan fingerprint density at radius 3 is 2.28 bits per heavy atom. The van der Waals surface area contributed by atoms with Crippen LogP contribution in [0.2, 0.25) is 5.02 Å². The summed E-state index contributed by atoms with van der Waals surface area (Å²) in [6, 6.07) is 3.92. The highest BCUT2D eigenvalue weighted by molar-refractivity contribution is 6.31. The third kappa shape index (κ3) is 3.87. The number of rotatable bonds is 6. The van der Waals surface area contributed by atoms with E-state index in [0.29, 0.717) is 12.5 Å². The molecule has 1 rings (SSSR count). The van der Waals surface area contributed by atoms with Gasteiger partial charge >= 0.3 is 0 Å². The van der Waals surface area contributed by atoms with Crippen molar-refractivity contribution in [3.8, 4) is 5.75 Å². The molecule has 3 nitrogen and oxygen atoms in total. The number of hydrogen-bond acceptors (Lipinski definition) is 3. The summed E-state index contributed by atoms with van der Waals surface area (Å²) in [5.74, 6) is 1.19. The van der Waals surface area contributed by atoms with Gasteiger partial charge in [0.05, 0.1) is 0 Å². The Morgan fingerprint density at radius 2 is 1.78 bits per heavy atom. The predicted octanol–water partition coefficient (Wildman–Crippen LogP) is 3.77. The van der Waals surface area contributed by atoms with Gasteiger partial charge in [0, 0.05) is 19.2 Å². The molecule has 1 aromatic carbocycles. The molecule has 0 saturated carbocycles. The summed E-state index contributed by atoms with van der Waals surface area (Å²) in [6.07, 6.45) is -0.360. The molecule has 0 aromatic heterocycles. The third-order valence-electron chi connectivity index (χ3n) is 2.81. The van der Waals surface area contributed by atoms with E-state index in [1.807, 2.05) is 19.1 Å². The first kappa shape index (κ1) is 15.3. The maximum absolute atomic E-state index is 6.14. The molecular weight excluding hydrogens is 252 g/mol. The number of halogens is 1. The number of benzene rings is 1. The highest BCUT2D eigenvalue weighted by Gasteiger charge is 2.13. The van der Waals surface area contributed by atoms with E-state index in [-0.39, 0.29) is 6.29 Å². The van der Waals surface area contributed by atoms with Crippen molar-refractivity contribution in [3.63, 3.8) is 0 Å². The van der Waals surface area contributed by atoms with E-state index in [9.17, 15) is 0 Å². The minimum Gasteiger partial charge on any atom is -0.488 e. The van der Waals surface area contributed by atoms with E-state index in [1.165, 1.54) is 0 Å². The van der Waals surface area contributed by atoms with Crippen LogP contribution in [0, 0.1) is 6.92 Å². The topological polar surface area (TPSA) is 27.7 Å². The second-order valence-electron chi connectivity index (χ2n) is 4.51. The number of hydrogen-bond donors (Lipinski definition) is 0. The Bertz CT molecular complexity index is 387. The third-order valence-corrected chi connectivity index (χ3v) is 3.22. The molecular formula is C14H21ClO3. The lowest BCUT2D eigenvalue weighted by Gasteiger charge is -2.19. The molecule has 0 spiro atoms. The van der Waals surface area contributed by atoms with Crippen LogP contribution in [0.3, 0.4) is 0 Å². The fourth-order valence-corrected chi connectivity index (χ4v) is 1.81. The molecule has 0 aliphatic rings. The Balaban J connectivity index is 2.89. The van der Waals surface area contributed by atoms with Crippen LogP contribution in [0.1, 0.15) is 30.9 Å². The number of methoxy groups -OCH3 is 2. The molecule has 1 aromatic rings. The standard InChI is InChI=1S/C14H21ClO3/c1-9(2)11-7-12(15)10(3)6-13(11)18-8-14(16-4)17-5/h6-7,9,14H,8H2,1-5H3. The quantitative estimate of drug-likeness (QED) is 0.738. The molecule has 0 radical (unpaired) electrons. The van der Waals surface area contributed by atoms with Crippen molar-refractivity contribution < 1.29 is 14.2 Å². The van der Waals surface area contributed by atoms with Crippen molar-refractivity contribution in [1.29, 1.82) is 0 Å². The van der Waals surface area contributed by atoms with Crippen molar-refractivity contribution in [2.24, 2.45) is 0 Å². The molecule has 0 heterocycles. The van der Waals surface area contributed by atoms with Crippen LogP contribution in [0.5, 0.6) is 5.75 Å². The average molecular weight is 273 g/mol. The van der Waals surface area contributed by atoms with Crippen molar-refractivity contribution in [2.75, 3.05) is 20.8 Å². The lowest BCUT2D eigenvalue weighted by Crippen LogP contribution is -2.22. The van der Waals surface area contributed by atoms with E-state index in [0.717, 1.165) is 21.9 Å². The van der Waals surface area contributed by atoms with E-state index in [1.54, 1.807) is 14.2 Å². The van der Waals surface area contributed by atoms with Gasteiger partial charge in [-0.2, -0.15) is 0 Å². The summed E-state index contributed by atoms with van der Waals surface area (Å²) in [5, 5.41) is 0.765. The van der Waals surface area contributed by atoms with Crippen LogP contribution < -0.4 is 4.74 Å². The Kier molecular flexibility index (Phi) is 5.93. The summed E-state index contributed by atoms with van der Waals surface area (Å²) < 4.78 is 16.0. The SMILES string of the molecule is COC(COc1cc(C)c(Cl)cc1C(C)C)OC. The molecule has 4 heteroatoms. The van der Waals surface area contributed by atoms with Crippen molar-refractivity contribution >= 4 is 11.6 Å². The fourth-order valence-electron chi connectivity index (χ4n) is 1.64. The molecule has 0 amide bonds. The molecule has 18 heavy (non-hydrogen) atoms. The highest BCUT2D eigenvalue weighted by Crippen LogP contribution is 2.32. The predicted molar refractivity (Wildman–Crippen MR) is 73.6 cm³/mol. The smallest absolute Gasteiger partial charge is 0.191 e. The van der Waals surface area contributed by atoms with Gasteiger partial charge in [-0.1, -0.05) is 25.4 Å². The zero-order valence-corrected chi connectivity index (χ0v) is 12.4. The van der Waals surface area contributed by atoms with Gasteiger partial charge in [0.25, 0.3) is 0 Å². The Hall–Kier alpha value is -0.770. The largest absolute Gasteiger partial charge is 0.488 e. The van der Waals surface area contributed by atoms with E-state index in [4.69, 9.17) is 25.8 Å². The minimum atomic E-state index is -0.360. The van der Waals surface area contributed by atoms with Gasteiger partial charge in [-0.05, 0) is 36.1 Å². The molecule has 0 atom stereocenters. The van der Waals surface area contributed by atoms with Crippen LogP contribution >= 0.6 is 11.6 Å². The number of aryl methyl sites for hydroxylation is 1. The molecule has 102 valence electrons. The van der Waals surface area contributed by atoms with E-state index in [2.05, 4.69) is 13.8 Å². The summed E-state index contributed by atoms with van der Waals surface area (Å²) >= 11 is 6.14. The normalized spacial score (nSPS) is 11.3. The van der Waals surface area contributed by atoms with E-state index >= 15 is 0 Å². The van der Waals surface area contributed by atoms with Crippen molar-refractivity contribution in [1.82, 2.24) is 0 Å². The van der Waals surface area contributed by atoms with Gasteiger partial charge in [0.1, 0.15) is 12.4 Å². The first-order valence-corrected chi connectivity index (χ1v) is 6.35. The summed E-state index contributed by atoms with van der Waals surface area (Å²) in [4.78, 5) is 0.